The third-order valence-corrected chi connectivity index (χ3v) is 3.80. The van der Waals surface area contributed by atoms with Gasteiger partial charge in [0.15, 0.2) is 0 Å². The number of hydrogen-bond acceptors (Lipinski definition) is 3. The first-order chi connectivity index (χ1) is 9.33. The second-order valence-electron chi connectivity index (χ2n) is 5.25. The highest BCUT2D eigenvalue weighted by atomic mass is 16.3. The molecule has 0 radical (unpaired) electrons. The van der Waals surface area contributed by atoms with Crippen molar-refractivity contribution in [3.63, 3.8) is 0 Å². The fraction of sp³-hybridized carbons (Fsp3) is 0.438. The van der Waals surface area contributed by atoms with E-state index in [1.54, 1.807) is 0 Å². The summed E-state index contributed by atoms with van der Waals surface area (Å²) in [6, 6.07) is 10.7. The molecular formula is C16H20N2O. The fourth-order valence-corrected chi connectivity index (χ4v) is 2.86. The third-order valence-electron chi connectivity index (χ3n) is 3.80. The maximum atomic E-state index is 5.71. The summed E-state index contributed by atoms with van der Waals surface area (Å²) < 4.78 is 5.71. The normalized spacial score (nSPS) is 20.6. The number of nitrogens with zero attached hydrogens (tertiary/aromatic N) is 2. The van der Waals surface area contributed by atoms with Gasteiger partial charge in [0.2, 0.25) is 0 Å². The average molecular weight is 256 g/mol. The molecule has 0 bridgehead atoms. The van der Waals surface area contributed by atoms with E-state index in [1.807, 2.05) is 25.3 Å². The first kappa shape index (κ1) is 12.4. The summed E-state index contributed by atoms with van der Waals surface area (Å²) >= 11 is 0. The minimum atomic E-state index is 0.431. The molecule has 3 nitrogen and oxygen atoms in total. The number of piperidine rings is 1. The van der Waals surface area contributed by atoms with E-state index in [2.05, 4.69) is 28.1 Å². The Hall–Kier alpha value is -1.61. The number of rotatable bonds is 3. The van der Waals surface area contributed by atoms with E-state index in [4.69, 9.17) is 4.42 Å². The number of aromatic nitrogens is 1. The second-order valence-corrected chi connectivity index (χ2v) is 5.25. The lowest BCUT2D eigenvalue weighted by Crippen LogP contribution is -2.33. The number of aryl methyl sites for hydroxylation is 1. The van der Waals surface area contributed by atoms with E-state index in [9.17, 15) is 0 Å². The Morgan fingerprint density at radius 2 is 2.21 bits per heavy atom. The van der Waals surface area contributed by atoms with Crippen molar-refractivity contribution in [3.05, 3.63) is 53.7 Å². The van der Waals surface area contributed by atoms with Crippen molar-refractivity contribution in [1.29, 1.82) is 0 Å². The summed E-state index contributed by atoms with van der Waals surface area (Å²) in [5, 5.41) is 0. The van der Waals surface area contributed by atoms with Crippen molar-refractivity contribution in [2.24, 2.45) is 0 Å². The summed E-state index contributed by atoms with van der Waals surface area (Å²) in [5.41, 5.74) is 1.19. The molecule has 3 rings (SSSR count). The third kappa shape index (κ3) is 2.87. The quantitative estimate of drug-likeness (QED) is 0.838. The van der Waals surface area contributed by atoms with Crippen molar-refractivity contribution in [1.82, 2.24) is 9.88 Å². The van der Waals surface area contributed by atoms with Crippen LogP contribution in [0.2, 0.25) is 0 Å². The zero-order valence-electron chi connectivity index (χ0n) is 11.4. The van der Waals surface area contributed by atoms with Gasteiger partial charge in [0, 0.05) is 6.20 Å². The molecule has 0 aliphatic carbocycles. The monoisotopic (exact) mass is 256 g/mol. The number of likely N-dealkylation sites (tertiary alicyclic amines) is 1. The maximum absolute atomic E-state index is 5.71. The van der Waals surface area contributed by atoms with Gasteiger partial charge in [-0.1, -0.05) is 12.5 Å². The van der Waals surface area contributed by atoms with Gasteiger partial charge in [-0.15, -0.1) is 0 Å². The minimum Gasteiger partial charge on any atom is -0.465 e. The molecule has 100 valence electrons. The van der Waals surface area contributed by atoms with Gasteiger partial charge in [-0.05, 0) is 50.6 Å². The van der Waals surface area contributed by atoms with Crippen molar-refractivity contribution in [2.45, 2.75) is 38.8 Å². The van der Waals surface area contributed by atoms with Crippen molar-refractivity contribution < 1.29 is 4.42 Å². The molecule has 0 amide bonds. The molecule has 19 heavy (non-hydrogen) atoms. The van der Waals surface area contributed by atoms with Crippen molar-refractivity contribution in [3.8, 4) is 0 Å². The Bertz CT molecular complexity index is 521. The highest BCUT2D eigenvalue weighted by Gasteiger charge is 2.25. The predicted octanol–water partition coefficient (Wildman–Crippen LogP) is 3.71. The molecule has 1 atom stereocenters. The van der Waals surface area contributed by atoms with Gasteiger partial charge in [0.1, 0.15) is 11.5 Å². The highest BCUT2D eigenvalue weighted by Crippen LogP contribution is 2.31. The molecule has 1 aliphatic rings. The van der Waals surface area contributed by atoms with E-state index in [0.29, 0.717) is 6.04 Å². The summed E-state index contributed by atoms with van der Waals surface area (Å²) in [6.45, 7) is 4.01. The van der Waals surface area contributed by atoms with Gasteiger partial charge in [-0.2, -0.15) is 0 Å². The Balaban J connectivity index is 1.77. The van der Waals surface area contributed by atoms with Crippen LogP contribution in [0.1, 0.15) is 42.5 Å². The van der Waals surface area contributed by atoms with Crippen LogP contribution < -0.4 is 0 Å². The van der Waals surface area contributed by atoms with Crippen LogP contribution in [0.4, 0.5) is 0 Å². The molecule has 0 N–H and O–H groups in total. The minimum absolute atomic E-state index is 0.431. The predicted molar refractivity (Wildman–Crippen MR) is 74.7 cm³/mol. The SMILES string of the molecule is Cc1ccc(CN2CCCC[C@H]2c2ccccn2)o1. The van der Waals surface area contributed by atoms with Crippen LogP contribution in [0, 0.1) is 6.92 Å². The molecule has 2 aromatic rings. The Morgan fingerprint density at radius 1 is 1.26 bits per heavy atom. The molecular weight excluding hydrogens is 236 g/mol. The topological polar surface area (TPSA) is 29.3 Å². The van der Waals surface area contributed by atoms with Crippen LogP contribution in [0.3, 0.4) is 0 Å². The maximum Gasteiger partial charge on any atom is 0.118 e. The van der Waals surface area contributed by atoms with E-state index < -0.39 is 0 Å². The van der Waals surface area contributed by atoms with Crippen LogP contribution >= 0.6 is 0 Å². The lowest BCUT2D eigenvalue weighted by atomic mass is 9.98. The number of hydrogen-bond donors (Lipinski definition) is 0. The van der Waals surface area contributed by atoms with Gasteiger partial charge < -0.3 is 4.42 Å². The molecule has 0 unspecified atom stereocenters. The van der Waals surface area contributed by atoms with Gasteiger partial charge in [0.25, 0.3) is 0 Å². The Morgan fingerprint density at radius 3 is 2.95 bits per heavy atom. The zero-order chi connectivity index (χ0) is 13.1. The van der Waals surface area contributed by atoms with Crippen LogP contribution in [-0.4, -0.2) is 16.4 Å². The zero-order valence-corrected chi connectivity index (χ0v) is 11.4. The van der Waals surface area contributed by atoms with Gasteiger partial charge in [0.05, 0.1) is 18.3 Å². The lowest BCUT2D eigenvalue weighted by molar-refractivity contribution is 0.127. The molecule has 3 heteroatoms. The van der Waals surface area contributed by atoms with Crippen LogP contribution in [0.25, 0.3) is 0 Å². The lowest BCUT2D eigenvalue weighted by Gasteiger charge is -2.34. The molecule has 0 spiro atoms. The first-order valence-corrected chi connectivity index (χ1v) is 7.03. The van der Waals surface area contributed by atoms with E-state index in [0.717, 1.165) is 24.6 Å². The smallest absolute Gasteiger partial charge is 0.118 e. The Labute approximate surface area is 114 Å². The number of pyridine rings is 1. The molecule has 1 fully saturated rings. The van der Waals surface area contributed by atoms with Crippen LogP contribution in [0.15, 0.2) is 40.9 Å². The van der Waals surface area contributed by atoms with E-state index in [-0.39, 0.29) is 0 Å². The fourth-order valence-electron chi connectivity index (χ4n) is 2.86. The largest absolute Gasteiger partial charge is 0.465 e. The summed E-state index contributed by atoms with van der Waals surface area (Å²) in [4.78, 5) is 7.02. The average Bonchev–Trinajstić information content (AvgIpc) is 2.86. The molecule has 2 aromatic heterocycles. The highest BCUT2D eigenvalue weighted by molar-refractivity contribution is 5.11. The molecule has 1 aliphatic heterocycles. The first-order valence-electron chi connectivity index (χ1n) is 7.03. The van der Waals surface area contributed by atoms with Crippen molar-refractivity contribution in [2.75, 3.05) is 6.54 Å². The van der Waals surface area contributed by atoms with Gasteiger partial charge in [-0.25, -0.2) is 0 Å². The van der Waals surface area contributed by atoms with Crippen molar-refractivity contribution >= 4 is 0 Å². The number of furan rings is 1. The van der Waals surface area contributed by atoms with Crippen LogP contribution in [-0.2, 0) is 6.54 Å². The van der Waals surface area contributed by atoms with E-state index >= 15 is 0 Å². The summed E-state index contributed by atoms with van der Waals surface area (Å²) in [7, 11) is 0. The van der Waals surface area contributed by atoms with Crippen LogP contribution in [0.5, 0.6) is 0 Å². The molecule has 3 heterocycles. The second kappa shape index (κ2) is 5.57. The van der Waals surface area contributed by atoms with E-state index in [1.165, 1.54) is 25.0 Å². The van der Waals surface area contributed by atoms with Gasteiger partial charge >= 0.3 is 0 Å². The van der Waals surface area contributed by atoms with Gasteiger partial charge in [-0.3, -0.25) is 9.88 Å². The Kier molecular flexibility index (Phi) is 3.65. The standard InChI is InChI=1S/C16H20N2O/c1-13-8-9-14(19-13)12-18-11-5-3-7-16(18)15-6-2-4-10-17-15/h2,4,6,8-10,16H,3,5,7,11-12H2,1H3/t16-/m0/s1. The molecule has 1 saturated heterocycles. The molecule has 0 saturated carbocycles. The summed E-state index contributed by atoms with van der Waals surface area (Å²) in [6.07, 6.45) is 5.63. The summed E-state index contributed by atoms with van der Waals surface area (Å²) in [5.74, 6) is 2.04. The molecule has 0 aromatic carbocycles.